The largest absolute Gasteiger partial charge is 0.507 e. The number of aliphatic imine (C=N–C) groups is 1. The van der Waals surface area contributed by atoms with Crippen molar-refractivity contribution in [2.24, 2.45) is 4.99 Å². The maximum absolute atomic E-state index is 14.7. The van der Waals surface area contributed by atoms with Crippen molar-refractivity contribution >= 4 is 29.0 Å². The molecule has 4 aliphatic rings. The summed E-state index contributed by atoms with van der Waals surface area (Å²) in [6, 6.07) is 2.30. The first-order chi connectivity index (χ1) is 23.9. The fourth-order valence-corrected chi connectivity index (χ4v) is 8.26. The molecule has 2 aromatic rings. The lowest BCUT2D eigenvalue weighted by molar-refractivity contribution is -0.228. The number of hydrogen-bond acceptors (Lipinski definition) is 16. The number of aliphatic hydroxyl groups excluding tert-OH is 2. The van der Waals surface area contributed by atoms with E-state index in [1.54, 1.807) is 6.92 Å². The Bertz CT molecular complexity index is 1920. The summed E-state index contributed by atoms with van der Waals surface area (Å²) in [5.41, 5.74) is -11.7. The molecule has 0 amide bonds. The molecule has 0 radical (unpaired) electrons. The molecule has 1 unspecified atom stereocenters. The van der Waals surface area contributed by atoms with Crippen LogP contribution in [0, 0.1) is 6.92 Å². The Morgan fingerprint density at radius 1 is 0.961 bits per heavy atom. The monoisotopic (exact) mass is 713 g/mol. The molecule has 6 rings (SSSR count). The molecular weight excluding hydrogens is 674 g/mol. The second-order valence-corrected chi connectivity index (χ2v) is 13.4. The summed E-state index contributed by atoms with van der Waals surface area (Å²) in [6.45, 7) is 4.31. The van der Waals surface area contributed by atoms with Gasteiger partial charge in [0, 0.05) is 44.4 Å². The van der Waals surface area contributed by atoms with Crippen molar-refractivity contribution in [2.45, 2.75) is 87.2 Å². The number of rotatable bonds is 5. The first-order valence-electron chi connectivity index (χ1n) is 16.0. The van der Waals surface area contributed by atoms with Gasteiger partial charge in [-0.15, -0.1) is 0 Å². The molecule has 16 nitrogen and oxygen atoms in total. The highest BCUT2D eigenvalue weighted by molar-refractivity contribution is 6.27. The number of aryl methyl sites for hydroxylation is 1. The number of nitrogens with zero attached hydrogens (tertiary/aromatic N) is 1. The first kappa shape index (κ1) is 36.7. The predicted octanol–water partition coefficient (Wildman–Crippen LogP) is 0.132. The number of ether oxygens (including phenoxy) is 5. The molecule has 0 bridgehead atoms. The molecule has 0 aromatic heterocycles. The van der Waals surface area contributed by atoms with Gasteiger partial charge in [-0.3, -0.25) is 19.4 Å². The van der Waals surface area contributed by atoms with E-state index in [1.807, 2.05) is 0 Å². The number of fused-ring (bicyclic) bond motifs is 5. The second kappa shape index (κ2) is 12.2. The highest BCUT2D eigenvalue weighted by atomic mass is 16.6. The minimum atomic E-state index is -3.21. The zero-order chi connectivity index (χ0) is 37.7. The van der Waals surface area contributed by atoms with Gasteiger partial charge >= 0.3 is 5.97 Å². The topological polar surface area (TPSA) is 248 Å². The van der Waals surface area contributed by atoms with Gasteiger partial charge in [-0.2, -0.15) is 0 Å². The Kier molecular flexibility index (Phi) is 8.80. The van der Waals surface area contributed by atoms with E-state index < -0.39 is 129 Å². The zero-order valence-corrected chi connectivity index (χ0v) is 28.8. The Balaban J connectivity index is 1.58. The van der Waals surface area contributed by atoms with Crippen LogP contribution in [0.25, 0.3) is 0 Å². The van der Waals surface area contributed by atoms with E-state index in [-0.39, 0.29) is 22.4 Å². The molecule has 274 valence electrons. The average Bonchev–Trinajstić information content (AvgIpc) is 3.05. The van der Waals surface area contributed by atoms with Gasteiger partial charge in [-0.05, 0) is 38.0 Å². The number of carbonyl (C=O) groups is 4. The summed E-state index contributed by atoms with van der Waals surface area (Å²) < 4.78 is 27.0. The smallest absolute Gasteiger partial charge is 0.341 e. The van der Waals surface area contributed by atoms with Crippen LogP contribution >= 0.6 is 0 Å². The molecule has 6 N–H and O–H groups in total. The fraction of sp³-hybridized carbons (Fsp3) is 0.514. The Morgan fingerprint density at radius 2 is 1.61 bits per heavy atom. The Hall–Kier alpha value is -4.13. The number of esters is 1. The molecule has 3 aliphatic carbocycles. The van der Waals surface area contributed by atoms with E-state index in [1.165, 1.54) is 34.1 Å². The van der Waals surface area contributed by atoms with Crippen LogP contribution in [0.2, 0.25) is 0 Å². The van der Waals surface area contributed by atoms with Crippen LogP contribution in [0.5, 0.6) is 11.5 Å². The van der Waals surface area contributed by atoms with Crippen LogP contribution in [0.1, 0.15) is 84.0 Å². The molecule has 16 heteroatoms. The van der Waals surface area contributed by atoms with Gasteiger partial charge in [0.15, 0.2) is 23.2 Å². The molecular formula is C35H39NO15. The summed E-state index contributed by atoms with van der Waals surface area (Å²) >= 11 is 0. The zero-order valence-electron chi connectivity index (χ0n) is 28.8. The minimum absolute atomic E-state index is 0.0102. The predicted molar refractivity (Wildman–Crippen MR) is 172 cm³/mol. The third kappa shape index (κ3) is 4.64. The Labute approximate surface area is 291 Å². The molecule has 2 aromatic carbocycles. The Morgan fingerprint density at radius 3 is 2.20 bits per heavy atom. The number of aromatic hydroxyl groups is 2. The van der Waals surface area contributed by atoms with Crippen molar-refractivity contribution < 1.29 is 73.5 Å². The van der Waals surface area contributed by atoms with Crippen LogP contribution in [0.4, 0.5) is 0 Å². The molecule has 1 heterocycles. The third-order valence-corrected chi connectivity index (χ3v) is 10.8. The minimum Gasteiger partial charge on any atom is -0.507 e. The summed E-state index contributed by atoms with van der Waals surface area (Å²) in [6.07, 6.45) is -8.02. The number of methoxy groups -OCH3 is 4. The maximum atomic E-state index is 14.7. The van der Waals surface area contributed by atoms with Crippen molar-refractivity contribution in [2.75, 3.05) is 28.4 Å². The number of ketones is 3. The normalized spacial score (nSPS) is 35.2. The van der Waals surface area contributed by atoms with E-state index in [4.69, 9.17) is 23.7 Å². The van der Waals surface area contributed by atoms with Crippen molar-refractivity contribution in [3.63, 3.8) is 0 Å². The lowest BCUT2D eigenvalue weighted by Gasteiger charge is -2.53. The fourth-order valence-electron chi connectivity index (χ4n) is 8.26. The molecule has 0 spiro atoms. The standard InChI is InChI=1S/C35H39NO15/c1-12-8-14-9-19(38)35(50-7)30(43)21-15(29(42)34(35,46)23(14)25(40)20(12)32(44)49-6)10-16-22(24(21)39)17(37)11-18(33(16,3)45)36-31-28(48-5)26(41)27(47-4)13(2)51-31/h8,10,13,19,26-28,31,38-41,45-46H,9,11H2,1-7H3/t13-,19+,26+,27-,28+,31-,33?,34-,35+/m0/s1. The number of Topliss-reactive ketones (excluding diaryl/α,β-unsaturated/α-hetero) is 3. The number of phenols is 2. The summed E-state index contributed by atoms with van der Waals surface area (Å²) in [5.74, 6) is -6.42. The number of benzene rings is 2. The molecule has 1 aliphatic heterocycles. The van der Waals surface area contributed by atoms with Crippen molar-refractivity contribution in [1.29, 1.82) is 0 Å². The van der Waals surface area contributed by atoms with Crippen molar-refractivity contribution in [3.8, 4) is 11.5 Å². The molecule has 1 fully saturated rings. The van der Waals surface area contributed by atoms with Crippen molar-refractivity contribution in [3.05, 3.63) is 56.6 Å². The molecule has 0 saturated carbocycles. The highest BCUT2D eigenvalue weighted by Crippen LogP contribution is 2.57. The maximum Gasteiger partial charge on any atom is 0.341 e. The van der Waals surface area contributed by atoms with E-state index in [0.717, 1.165) is 20.3 Å². The first-order valence-corrected chi connectivity index (χ1v) is 16.0. The summed E-state index contributed by atoms with van der Waals surface area (Å²) in [4.78, 5) is 60.1. The van der Waals surface area contributed by atoms with Gasteiger partial charge in [0.2, 0.25) is 11.6 Å². The van der Waals surface area contributed by atoms with Gasteiger partial charge in [0.1, 0.15) is 41.0 Å². The van der Waals surface area contributed by atoms with E-state index in [9.17, 15) is 49.8 Å². The second-order valence-electron chi connectivity index (χ2n) is 13.4. The van der Waals surface area contributed by atoms with Crippen molar-refractivity contribution in [1.82, 2.24) is 0 Å². The molecule has 1 saturated heterocycles. The van der Waals surface area contributed by atoms with Crippen LogP contribution in [-0.2, 0) is 41.3 Å². The number of phenolic OH excluding ortho intramolecular Hbond substituents is 2. The lowest BCUT2D eigenvalue weighted by atomic mass is 9.56. The van der Waals surface area contributed by atoms with Gasteiger partial charge < -0.3 is 54.3 Å². The van der Waals surface area contributed by atoms with Gasteiger partial charge in [0.05, 0.1) is 42.6 Å². The quantitative estimate of drug-likeness (QED) is 0.226. The SMILES string of the molecule is COC(=O)c1c(C)cc2c(c1O)[C@]1(O)C(=O)c3cc4c(c(O)c3C(=O)[C@]1(OC)[C@H](O)C2)C(=O)CC(=N[C@H]1O[C@@H](C)[C@H](OC)[C@@H](O)[C@H]1OC)C4(C)O. The summed E-state index contributed by atoms with van der Waals surface area (Å²) in [7, 11) is 4.67. The average molecular weight is 714 g/mol. The highest BCUT2D eigenvalue weighted by Gasteiger charge is 2.73. The van der Waals surface area contributed by atoms with Crippen LogP contribution < -0.4 is 0 Å². The van der Waals surface area contributed by atoms with Gasteiger partial charge in [-0.1, -0.05) is 6.07 Å². The van der Waals surface area contributed by atoms with Crippen LogP contribution in [0.3, 0.4) is 0 Å². The number of hydrogen-bond donors (Lipinski definition) is 6. The summed E-state index contributed by atoms with van der Waals surface area (Å²) in [5, 5.41) is 70.0. The van der Waals surface area contributed by atoms with Gasteiger partial charge in [0.25, 0.3) is 0 Å². The van der Waals surface area contributed by atoms with Crippen LogP contribution in [0.15, 0.2) is 17.1 Å². The van der Waals surface area contributed by atoms with Crippen LogP contribution in [-0.4, -0.2) is 130 Å². The lowest BCUT2D eigenvalue weighted by Crippen LogP contribution is -2.73. The third-order valence-electron chi connectivity index (χ3n) is 10.8. The molecule has 9 atom stereocenters. The van der Waals surface area contributed by atoms with E-state index in [2.05, 4.69) is 4.99 Å². The molecule has 51 heavy (non-hydrogen) atoms. The van der Waals surface area contributed by atoms with Gasteiger partial charge in [-0.25, -0.2) is 4.79 Å². The van der Waals surface area contributed by atoms with E-state index in [0.29, 0.717) is 0 Å². The van der Waals surface area contributed by atoms with E-state index >= 15 is 0 Å². The number of aliphatic hydroxyl groups is 4. The number of carbonyl (C=O) groups excluding carboxylic acids is 4.